The number of benzene rings is 1. The van der Waals surface area contributed by atoms with Crippen LogP contribution in [0, 0.1) is 0 Å². The molecular formula is C20H21N3O3. The Hall–Kier alpha value is -3.15. The Morgan fingerprint density at radius 2 is 2.04 bits per heavy atom. The molecule has 0 aliphatic rings. The summed E-state index contributed by atoms with van der Waals surface area (Å²) in [7, 11) is 1.53. The molecule has 0 saturated heterocycles. The smallest absolute Gasteiger partial charge is 0.153 e. The standard InChI is InChI=1S/C20H21N3O3/c1-14(2)23-18(8-10-22-23)20-15(5-4-9-21-20)13-26-17-6-7-19(25-3)16(11-17)12-24/h4-12,14H,13H2,1-3H3. The van der Waals surface area contributed by atoms with Crippen molar-refractivity contribution in [3.8, 4) is 22.9 Å². The average Bonchev–Trinajstić information content (AvgIpc) is 3.16. The molecule has 0 fully saturated rings. The molecule has 2 heterocycles. The molecule has 0 spiro atoms. The molecule has 0 bridgehead atoms. The number of rotatable bonds is 7. The van der Waals surface area contributed by atoms with Gasteiger partial charge in [0, 0.05) is 24.0 Å². The number of carbonyl (C=O) groups excluding carboxylic acids is 1. The molecule has 0 aliphatic heterocycles. The Morgan fingerprint density at radius 1 is 1.19 bits per heavy atom. The molecule has 0 N–H and O–H groups in total. The molecule has 0 atom stereocenters. The molecule has 6 nitrogen and oxygen atoms in total. The van der Waals surface area contributed by atoms with Crippen LogP contribution in [0.2, 0.25) is 0 Å². The van der Waals surface area contributed by atoms with Gasteiger partial charge in [-0.1, -0.05) is 6.07 Å². The summed E-state index contributed by atoms with van der Waals surface area (Å²) in [5, 5.41) is 4.38. The number of aldehydes is 1. The van der Waals surface area contributed by atoms with Crippen LogP contribution in [0.1, 0.15) is 35.8 Å². The molecule has 3 aromatic rings. The van der Waals surface area contributed by atoms with E-state index in [9.17, 15) is 4.79 Å². The Bertz CT molecular complexity index is 903. The van der Waals surface area contributed by atoms with Gasteiger partial charge in [-0.2, -0.15) is 5.10 Å². The van der Waals surface area contributed by atoms with Crippen molar-refractivity contribution in [3.05, 3.63) is 59.9 Å². The van der Waals surface area contributed by atoms with Gasteiger partial charge in [0.05, 0.1) is 24.1 Å². The molecule has 1 aromatic carbocycles. The lowest BCUT2D eigenvalue weighted by Gasteiger charge is -2.14. The van der Waals surface area contributed by atoms with Crippen molar-refractivity contribution < 1.29 is 14.3 Å². The number of hydrogen-bond acceptors (Lipinski definition) is 5. The first-order valence-electron chi connectivity index (χ1n) is 8.37. The van der Waals surface area contributed by atoms with Crippen LogP contribution < -0.4 is 9.47 Å². The second-order valence-corrected chi connectivity index (χ2v) is 6.08. The molecule has 3 rings (SSSR count). The summed E-state index contributed by atoms with van der Waals surface area (Å²) >= 11 is 0. The van der Waals surface area contributed by atoms with Crippen LogP contribution in [0.3, 0.4) is 0 Å². The lowest BCUT2D eigenvalue weighted by atomic mass is 10.1. The highest BCUT2D eigenvalue weighted by molar-refractivity contribution is 5.80. The minimum absolute atomic E-state index is 0.229. The van der Waals surface area contributed by atoms with Crippen molar-refractivity contribution in [3.63, 3.8) is 0 Å². The van der Waals surface area contributed by atoms with Crippen molar-refractivity contribution in [2.24, 2.45) is 0 Å². The molecular weight excluding hydrogens is 330 g/mol. The molecule has 0 aliphatic carbocycles. The zero-order chi connectivity index (χ0) is 18.5. The number of methoxy groups -OCH3 is 1. The fourth-order valence-corrected chi connectivity index (χ4v) is 2.75. The molecule has 0 unspecified atom stereocenters. The second kappa shape index (κ2) is 7.82. The van der Waals surface area contributed by atoms with E-state index in [0.29, 0.717) is 23.7 Å². The van der Waals surface area contributed by atoms with Gasteiger partial charge in [-0.05, 0) is 44.2 Å². The van der Waals surface area contributed by atoms with Crippen LogP contribution in [0.25, 0.3) is 11.4 Å². The third-order valence-electron chi connectivity index (χ3n) is 4.02. The van der Waals surface area contributed by atoms with E-state index in [1.165, 1.54) is 7.11 Å². The maximum absolute atomic E-state index is 11.2. The second-order valence-electron chi connectivity index (χ2n) is 6.08. The third-order valence-corrected chi connectivity index (χ3v) is 4.02. The van der Waals surface area contributed by atoms with E-state index >= 15 is 0 Å². The topological polar surface area (TPSA) is 66.2 Å². The highest BCUT2D eigenvalue weighted by atomic mass is 16.5. The van der Waals surface area contributed by atoms with Crippen LogP contribution in [0.4, 0.5) is 0 Å². The summed E-state index contributed by atoms with van der Waals surface area (Å²) in [6.45, 7) is 4.49. The van der Waals surface area contributed by atoms with Crippen molar-refractivity contribution in [1.82, 2.24) is 14.8 Å². The van der Waals surface area contributed by atoms with Crippen molar-refractivity contribution in [2.45, 2.75) is 26.5 Å². The van der Waals surface area contributed by atoms with Gasteiger partial charge in [0.25, 0.3) is 0 Å². The van der Waals surface area contributed by atoms with Crippen LogP contribution in [-0.4, -0.2) is 28.2 Å². The van der Waals surface area contributed by atoms with E-state index in [4.69, 9.17) is 9.47 Å². The lowest BCUT2D eigenvalue weighted by Crippen LogP contribution is -2.07. The number of ether oxygens (including phenoxy) is 2. The number of pyridine rings is 1. The van der Waals surface area contributed by atoms with Gasteiger partial charge in [-0.3, -0.25) is 14.5 Å². The highest BCUT2D eigenvalue weighted by Crippen LogP contribution is 2.26. The van der Waals surface area contributed by atoms with Gasteiger partial charge < -0.3 is 9.47 Å². The molecule has 0 radical (unpaired) electrons. The molecule has 0 saturated carbocycles. The normalized spacial score (nSPS) is 10.8. The van der Waals surface area contributed by atoms with E-state index in [-0.39, 0.29) is 6.04 Å². The van der Waals surface area contributed by atoms with Gasteiger partial charge in [0.1, 0.15) is 18.1 Å². The summed E-state index contributed by atoms with van der Waals surface area (Å²) in [4.78, 5) is 15.7. The van der Waals surface area contributed by atoms with Crippen LogP contribution in [0.15, 0.2) is 48.8 Å². The van der Waals surface area contributed by atoms with E-state index < -0.39 is 0 Å². The van der Waals surface area contributed by atoms with Gasteiger partial charge in [-0.15, -0.1) is 0 Å². The SMILES string of the molecule is COc1ccc(OCc2cccnc2-c2ccnn2C(C)C)cc1C=O. The maximum Gasteiger partial charge on any atom is 0.153 e. The quantitative estimate of drug-likeness (QED) is 0.604. The number of hydrogen-bond donors (Lipinski definition) is 0. The number of carbonyl (C=O) groups is 1. The summed E-state index contributed by atoms with van der Waals surface area (Å²) in [5.41, 5.74) is 3.18. The van der Waals surface area contributed by atoms with E-state index in [2.05, 4.69) is 23.9 Å². The Labute approximate surface area is 152 Å². The van der Waals surface area contributed by atoms with E-state index in [1.807, 2.05) is 22.9 Å². The fourth-order valence-electron chi connectivity index (χ4n) is 2.75. The summed E-state index contributed by atoms with van der Waals surface area (Å²) in [6.07, 6.45) is 4.28. The third kappa shape index (κ3) is 3.59. The average molecular weight is 351 g/mol. The van der Waals surface area contributed by atoms with Crippen LogP contribution in [0.5, 0.6) is 11.5 Å². The van der Waals surface area contributed by atoms with Crippen molar-refractivity contribution >= 4 is 6.29 Å². The summed E-state index contributed by atoms with van der Waals surface area (Å²) in [6, 6.07) is 11.2. The van der Waals surface area contributed by atoms with Crippen LogP contribution in [-0.2, 0) is 6.61 Å². The zero-order valence-corrected chi connectivity index (χ0v) is 15.0. The summed E-state index contributed by atoms with van der Waals surface area (Å²) in [5.74, 6) is 1.12. The molecule has 0 amide bonds. The van der Waals surface area contributed by atoms with E-state index in [0.717, 1.165) is 23.2 Å². The first-order valence-corrected chi connectivity index (χ1v) is 8.37. The molecule has 134 valence electrons. The van der Waals surface area contributed by atoms with Crippen molar-refractivity contribution in [1.29, 1.82) is 0 Å². The largest absolute Gasteiger partial charge is 0.496 e. The van der Waals surface area contributed by atoms with Crippen LogP contribution >= 0.6 is 0 Å². The minimum atomic E-state index is 0.229. The van der Waals surface area contributed by atoms with E-state index in [1.54, 1.807) is 30.6 Å². The van der Waals surface area contributed by atoms with Gasteiger partial charge >= 0.3 is 0 Å². The number of nitrogens with zero attached hydrogens (tertiary/aromatic N) is 3. The first kappa shape index (κ1) is 17.7. The number of aromatic nitrogens is 3. The van der Waals surface area contributed by atoms with Gasteiger partial charge in [-0.25, -0.2) is 0 Å². The Kier molecular flexibility index (Phi) is 5.31. The Balaban J connectivity index is 1.86. The fraction of sp³-hybridized carbons (Fsp3) is 0.250. The maximum atomic E-state index is 11.2. The highest BCUT2D eigenvalue weighted by Gasteiger charge is 2.14. The van der Waals surface area contributed by atoms with Gasteiger partial charge in [0.15, 0.2) is 6.29 Å². The Morgan fingerprint density at radius 3 is 2.77 bits per heavy atom. The van der Waals surface area contributed by atoms with Gasteiger partial charge in [0.2, 0.25) is 0 Å². The van der Waals surface area contributed by atoms with Crippen molar-refractivity contribution in [2.75, 3.05) is 7.11 Å². The molecule has 6 heteroatoms. The lowest BCUT2D eigenvalue weighted by molar-refractivity contribution is 0.112. The predicted molar refractivity (Wildman–Crippen MR) is 98.6 cm³/mol. The monoisotopic (exact) mass is 351 g/mol. The zero-order valence-electron chi connectivity index (χ0n) is 15.0. The molecule has 2 aromatic heterocycles. The summed E-state index contributed by atoms with van der Waals surface area (Å²) < 4.78 is 13.0. The molecule has 26 heavy (non-hydrogen) atoms. The predicted octanol–water partition coefficient (Wildman–Crippen LogP) is 3.93. The minimum Gasteiger partial charge on any atom is -0.496 e. The first-order chi connectivity index (χ1) is 12.6.